The lowest BCUT2D eigenvalue weighted by Crippen LogP contribution is -2.16. The Morgan fingerprint density at radius 2 is 1.94 bits per heavy atom. The van der Waals surface area contributed by atoms with Crippen LogP contribution < -0.4 is 5.69 Å². The maximum atomic E-state index is 12.7. The third-order valence-corrected chi connectivity index (χ3v) is 2.81. The fraction of sp³-hybridized carbons (Fsp3) is 0.111. The van der Waals surface area contributed by atoms with Crippen molar-refractivity contribution in [2.45, 2.75) is 6.18 Å². The summed E-state index contributed by atoms with van der Waals surface area (Å²) < 4.78 is 38.8. The summed E-state index contributed by atoms with van der Waals surface area (Å²) in [6.45, 7) is 0. The Kier molecular flexibility index (Phi) is 3.07. The summed E-state index contributed by atoms with van der Waals surface area (Å²) in [5.41, 5.74) is -1.70. The number of benzene rings is 1. The number of hydrogen-bond acceptors (Lipinski definition) is 2. The maximum absolute atomic E-state index is 12.7. The van der Waals surface area contributed by atoms with Gasteiger partial charge in [-0.3, -0.25) is 5.10 Å². The molecule has 96 valence electrons. The van der Waals surface area contributed by atoms with E-state index in [1.54, 1.807) is 0 Å². The predicted molar refractivity (Wildman–Crippen MR) is 61.6 cm³/mol. The van der Waals surface area contributed by atoms with Gasteiger partial charge in [0.15, 0.2) is 0 Å². The van der Waals surface area contributed by atoms with Gasteiger partial charge in [-0.05, 0) is 30.4 Å². The van der Waals surface area contributed by atoms with Crippen LogP contribution >= 0.6 is 23.8 Å². The van der Waals surface area contributed by atoms with Crippen molar-refractivity contribution >= 4 is 23.8 Å². The molecule has 4 nitrogen and oxygen atoms in total. The van der Waals surface area contributed by atoms with Crippen molar-refractivity contribution in [2.75, 3.05) is 0 Å². The van der Waals surface area contributed by atoms with E-state index in [9.17, 15) is 18.0 Å². The van der Waals surface area contributed by atoms with Crippen LogP contribution in [0.3, 0.4) is 0 Å². The van der Waals surface area contributed by atoms with Crippen LogP contribution in [0, 0.1) is 4.77 Å². The van der Waals surface area contributed by atoms with Crippen LogP contribution in [-0.4, -0.2) is 14.8 Å². The minimum Gasteiger partial charge on any atom is -0.272 e. The molecule has 0 amide bonds. The SMILES string of the molecule is O=c1[nH][nH]c(=S)n1-c1ccc(Cl)c(C(F)(F)F)c1. The zero-order valence-electron chi connectivity index (χ0n) is 8.51. The highest BCUT2D eigenvalue weighted by Crippen LogP contribution is 2.35. The molecule has 2 rings (SSSR count). The lowest BCUT2D eigenvalue weighted by atomic mass is 10.2. The molecule has 1 aromatic carbocycles. The Morgan fingerprint density at radius 3 is 2.44 bits per heavy atom. The van der Waals surface area contributed by atoms with Crippen molar-refractivity contribution in [1.82, 2.24) is 14.8 Å². The Morgan fingerprint density at radius 1 is 1.28 bits per heavy atom. The van der Waals surface area contributed by atoms with Gasteiger partial charge in [0.05, 0.1) is 16.3 Å². The summed E-state index contributed by atoms with van der Waals surface area (Å²) in [6, 6.07) is 3.10. The molecule has 0 spiro atoms. The van der Waals surface area contributed by atoms with Crippen molar-refractivity contribution in [3.05, 3.63) is 44.0 Å². The van der Waals surface area contributed by atoms with Gasteiger partial charge in [-0.25, -0.2) is 14.5 Å². The Hall–Kier alpha value is -1.54. The molecule has 0 unspecified atom stereocenters. The number of nitrogens with zero attached hydrogens (tertiary/aromatic N) is 1. The first-order valence-electron chi connectivity index (χ1n) is 4.57. The van der Waals surface area contributed by atoms with E-state index >= 15 is 0 Å². The zero-order valence-corrected chi connectivity index (χ0v) is 10.1. The largest absolute Gasteiger partial charge is 0.417 e. The lowest BCUT2D eigenvalue weighted by Gasteiger charge is -2.10. The number of aromatic nitrogens is 3. The predicted octanol–water partition coefficient (Wildman–Crippen LogP) is 2.90. The Bertz CT molecular complexity index is 673. The van der Waals surface area contributed by atoms with Gasteiger partial charge < -0.3 is 0 Å². The summed E-state index contributed by atoms with van der Waals surface area (Å²) in [6.07, 6.45) is -4.60. The number of halogens is 4. The van der Waals surface area contributed by atoms with Crippen molar-refractivity contribution in [3.8, 4) is 5.69 Å². The molecule has 0 atom stereocenters. The number of rotatable bonds is 1. The number of aromatic amines is 2. The van der Waals surface area contributed by atoms with E-state index in [0.717, 1.165) is 16.7 Å². The molecular formula is C9H5ClF3N3OS. The van der Waals surface area contributed by atoms with Gasteiger partial charge in [-0.1, -0.05) is 11.6 Å². The second-order valence-corrected chi connectivity index (χ2v) is 4.15. The number of hydrogen-bond donors (Lipinski definition) is 2. The summed E-state index contributed by atoms with van der Waals surface area (Å²) in [5, 5.41) is 4.07. The molecule has 9 heteroatoms. The minimum absolute atomic E-state index is 0.0146. The fourth-order valence-corrected chi connectivity index (χ4v) is 1.88. The second-order valence-electron chi connectivity index (χ2n) is 3.36. The molecule has 1 aromatic heterocycles. The van der Waals surface area contributed by atoms with Gasteiger partial charge in [0, 0.05) is 0 Å². The summed E-state index contributed by atoms with van der Waals surface area (Å²) in [5.74, 6) is 0. The van der Waals surface area contributed by atoms with E-state index in [4.69, 9.17) is 23.8 Å². The molecule has 0 fully saturated rings. The van der Waals surface area contributed by atoms with Crippen molar-refractivity contribution in [1.29, 1.82) is 0 Å². The van der Waals surface area contributed by atoms with E-state index < -0.39 is 22.5 Å². The summed E-state index contributed by atoms with van der Waals surface area (Å²) in [7, 11) is 0. The van der Waals surface area contributed by atoms with Crippen molar-refractivity contribution in [2.24, 2.45) is 0 Å². The van der Waals surface area contributed by atoms with E-state index in [2.05, 4.69) is 10.2 Å². The van der Waals surface area contributed by atoms with Crippen LogP contribution in [0.25, 0.3) is 5.69 Å². The van der Waals surface area contributed by atoms with Gasteiger partial charge in [0.1, 0.15) is 0 Å². The zero-order chi connectivity index (χ0) is 13.5. The third kappa shape index (κ3) is 2.21. The summed E-state index contributed by atoms with van der Waals surface area (Å²) >= 11 is 10.3. The quantitative estimate of drug-likeness (QED) is 0.795. The topological polar surface area (TPSA) is 53.6 Å². The maximum Gasteiger partial charge on any atom is 0.417 e. The van der Waals surface area contributed by atoms with Gasteiger partial charge in [-0.15, -0.1) is 0 Å². The van der Waals surface area contributed by atoms with Gasteiger partial charge in [-0.2, -0.15) is 13.2 Å². The lowest BCUT2D eigenvalue weighted by molar-refractivity contribution is -0.137. The van der Waals surface area contributed by atoms with Gasteiger partial charge >= 0.3 is 11.9 Å². The van der Waals surface area contributed by atoms with E-state index in [0.29, 0.717) is 0 Å². The monoisotopic (exact) mass is 295 g/mol. The van der Waals surface area contributed by atoms with Crippen LogP contribution in [0.5, 0.6) is 0 Å². The second kappa shape index (κ2) is 4.29. The molecule has 2 N–H and O–H groups in total. The first-order valence-corrected chi connectivity index (χ1v) is 5.36. The van der Waals surface area contributed by atoms with Crippen LogP contribution in [0.15, 0.2) is 23.0 Å². The van der Waals surface area contributed by atoms with Gasteiger partial charge in [0.25, 0.3) is 0 Å². The number of H-pyrrole nitrogens is 2. The molecule has 0 aliphatic rings. The average Bonchev–Trinajstić information content (AvgIpc) is 2.58. The standard InChI is InChI=1S/C9H5ClF3N3OS/c10-6-2-1-4(3-5(6)9(11,12)13)16-7(17)14-15-8(16)18/h1-3H,(H,14,17)(H,15,18). The average molecular weight is 296 g/mol. The van der Waals surface area contributed by atoms with Crippen molar-refractivity contribution in [3.63, 3.8) is 0 Å². The minimum atomic E-state index is -4.60. The first kappa shape index (κ1) is 12.9. The molecule has 0 radical (unpaired) electrons. The van der Waals surface area contributed by atoms with E-state index in [-0.39, 0.29) is 10.5 Å². The van der Waals surface area contributed by atoms with E-state index in [1.165, 1.54) is 6.07 Å². The van der Waals surface area contributed by atoms with Crippen LogP contribution in [-0.2, 0) is 6.18 Å². The van der Waals surface area contributed by atoms with Crippen LogP contribution in [0.1, 0.15) is 5.56 Å². The number of alkyl halides is 3. The Labute approximate surface area is 108 Å². The number of nitrogens with one attached hydrogen (secondary N) is 2. The molecule has 0 bridgehead atoms. The third-order valence-electron chi connectivity index (χ3n) is 2.20. The Balaban J connectivity index is 2.69. The highest BCUT2D eigenvalue weighted by molar-refractivity contribution is 7.71. The highest BCUT2D eigenvalue weighted by Gasteiger charge is 2.33. The van der Waals surface area contributed by atoms with E-state index in [1.807, 2.05) is 0 Å². The molecule has 0 saturated carbocycles. The van der Waals surface area contributed by atoms with Crippen LogP contribution in [0.4, 0.5) is 13.2 Å². The fourth-order valence-electron chi connectivity index (χ4n) is 1.42. The molecule has 0 saturated heterocycles. The van der Waals surface area contributed by atoms with Crippen molar-refractivity contribution < 1.29 is 13.2 Å². The molecular weight excluding hydrogens is 291 g/mol. The molecule has 1 heterocycles. The first-order chi connectivity index (χ1) is 8.30. The molecule has 2 aromatic rings. The molecule has 0 aliphatic carbocycles. The smallest absolute Gasteiger partial charge is 0.272 e. The molecule has 18 heavy (non-hydrogen) atoms. The van der Waals surface area contributed by atoms with Gasteiger partial charge in [0.2, 0.25) is 4.77 Å². The normalized spacial score (nSPS) is 11.8. The summed E-state index contributed by atoms with van der Waals surface area (Å²) in [4.78, 5) is 11.4. The molecule has 0 aliphatic heterocycles. The highest BCUT2D eigenvalue weighted by atomic mass is 35.5. The van der Waals surface area contributed by atoms with Crippen LogP contribution in [0.2, 0.25) is 5.02 Å².